The SMILES string of the molecule is CCS(=O)CCNCc1cc(F)ccc1Cl. The first-order valence-corrected chi connectivity index (χ1v) is 6.99. The predicted octanol–water partition coefficient (Wildman–Crippen LogP) is 2.34. The van der Waals surface area contributed by atoms with Gasteiger partial charge < -0.3 is 5.32 Å². The van der Waals surface area contributed by atoms with Crippen molar-refractivity contribution in [2.45, 2.75) is 13.5 Å². The summed E-state index contributed by atoms with van der Waals surface area (Å²) in [7, 11) is -0.764. The summed E-state index contributed by atoms with van der Waals surface area (Å²) in [5.74, 6) is 0.990. The molecule has 0 aliphatic rings. The number of hydrogen-bond donors (Lipinski definition) is 1. The van der Waals surface area contributed by atoms with E-state index < -0.39 is 10.8 Å². The Morgan fingerprint density at radius 1 is 1.50 bits per heavy atom. The molecule has 2 nitrogen and oxygen atoms in total. The quantitative estimate of drug-likeness (QED) is 0.799. The monoisotopic (exact) mass is 263 g/mol. The highest BCUT2D eigenvalue weighted by Crippen LogP contribution is 2.16. The Morgan fingerprint density at radius 2 is 2.25 bits per heavy atom. The number of hydrogen-bond acceptors (Lipinski definition) is 2. The second-order valence-electron chi connectivity index (χ2n) is 3.35. The van der Waals surface area contributed by atoms with Gasteiger partial charge in [0.15, 0.2) is 0 Å². The van der Waals surface area contributed by atoms with E-state index >= 15 is 0 Å². The zero-order valence-corrected chi connectivity index (χ0v) is 10.7. The molecule has 1 rings (SSSR count). The molecule has 1 N–H and O–H groups in total. The fraction of sp³-hybridized carbons (Fsp3) is 0.455. The number of nitrogens with one attached hydrogen (secondary N) is 1. The molecular weight excluding hydrogens is 249 g/mol. The topological polar surface area (TPSA) is 29.1 Å². The van der Waals surface area contributed by atoms with Crippen LogP contribution in [0, 0.1) is 5.82 Å². The first-order valence-electron chi connectivity index (χ1n) is 5.13. The normalized spacial score (nSPS) is 12.7. The third-order valence-electron chi connectivity index (χ3n) is 2.15. The maximum atomic E-state index is 12.9. The van der Waals surface area contributed by atoms with Gasteiger partial charge in [-0.05, 0) is 23.8 Å². The maximum absolute atomic E-state index is 12.9. The molecule has 1 atom stereocenters. The van der Waals surface area contributed by atoms with Gasteiger partial charge in [-0.3, -0.25) is 4.21 Å². The lowest BCUT2D eigenvalue weighted by Crippen LogP contribution is -2.20. The minimum atomic E-state index is -0.764. The molecule has 0 aromatic heterocycles. The molecule has 0 bridgehead atoms. The zero-order chi connectivity index (χ0) is 12.0. The summed E-state index contributed by atoms with van der Waals surface area (Å²) in [4.78, 5) is 0. The minimum Gasteiger partial charge on any atom is -0.312 e. The van der Waals surface area contributed by atoms with Gasteiger partial charge in [-0.25, -0.2) is 4.39 Å². The van der Waals surface area contributed by atoms with Gasteiger partial charge in [-0.15, -0.1) is 0 Å². The molecule has 0 heterocycles. The van der Waals surface area contributed by atoms with Crippen molar-refractivity contribution in [1.82, 2.24) is 5.32 Å². The van der Waals surface area contributed by atoms with Crippen molar-refractivity contribution < 1.29 is 8.60 Å². The molecule has 0 amide bonds. The van der Waals surface area contributed by atoms with E-state index in [2.05, 4.69) is 5.32 Å². The molecule has 0 saturated carbocycles. The molecule has 1 aromatic rings. The van der Waals surface area contributed by atoms with Crippen molar-refractivity contribution in [3.63, 3.8) is 0 Å². The van der Waals surface area contributed by atoms with Gasteiger partial charge in [-0.1, -0.05) is 18.5 Å². The first-order chi connectivity index (χ1) is 7.63. The van der Waals surface area contributed by atoms with Crippen molar-refractivity contribution in [2.24, 2.45) is 0 Å². The lowest BCUT2D eigenvalue weighted by molar-refractivity contribution is 0.621. The number of rotatable bonds is 6. The highest BCUT2D eigenvalue weighted by molar-refractivity contribution is 7.84. The van der Waals surface area contributed by atoms with Crippen LogP contribution in [-0.4, -0.2) is 22.3 Å². The van der Waals surface area contributed by atoms with Crippen LogP contribution in [0.25, 0.3) is 0 Å². The van der Waals surface area contributed by atoms with E-state index in [-0.39, 0.29) is 5.82 Å². The van der Waals surface area contributed by atoms with Crippen LogP contribution >= 0.6 is 11.6 Å². The van der Waals surface area contributed by atoms with E-state index in [1.165, 1.54) is 18.2 Å². The van der Waals surface area contributed by atoms with Crippen LogP contribution < -0.4 is 5.32 Å². The molecule has 5 heteroatoms. The lowest BCUT2D eigenvalue weighted by Gasteiger charge is -2.06. The van der Waals surface area contributed by atoms with Gasteiger partial charge in [0.2, 0.25) is 0 Å². The third kappa shape index (κ3) is 4.60. The van der Waals surface area contributed by atoms with Gasteiger partial charge in [0.25, 0.3) is 0 Å². The van der Waals surface area contributed by atoms with Crippen LogP contribution in [-0.2, 0) is 17.3 Å². The Bertz CT molecular complexity index is 373. The molecule has 1 unspecified atom stereocenters. The maximum Gasteiger partial charge on any atom is 0.123 e. The highest BCUT2D eigenvalue weighted by atomic mass is 35.5. The van der Waals surface area contributed by atoms with Gasteiger partial charge in [0.05, 0.1) is 0 Å². The average molecular weight is 264 g/mol. The Labute approximate surface area is 103 Å². The summed E-state index contributed by atoms with van der Waals surface area (Å²) >= 11 is 5.90. The number of benzene rings is 1. The second kappa shape index (κ2) is 6.99. The Morgan fingerprint density at radius 3 is 2.94 bits per heavy atom. The van der Waals surface area contributed by atoms with E-state index in [4.69, 9.17) is 11.6 Å². The van der Waals surface area contributed by atoms with Crippen molar-refractivity contribution in [1.29, 1.82) is 0 Å². The number of halogens is 2. The van der Waals surface area contributed by atoms with E-state index in [1.807, 2.05) is 6.92 Å². The summed E-state index contributed by atoms with van der Waals surface area (Å²) in [5, 5.41) is 3.64. The fourth-order valence-corrected chi connectivity index (χ4v) is 2.08. The smallest absolute Gasteiger partial charge is 0.123 e. The predicted molar refractivity (Wildman–Crippen MR) is 66.7 cm³/mol. The second-order valence-corrected chi connectivity index (χ2v) is 5.62. The largest absolute Gasteiger partial charge is 0.312 e. The Hall–Kier alpha value is -0.450. The molecule has 0 fully saturated rings. The molecule has 0 spiro atoms. The summed E-state index contributed by atoms with van der Waals surface area (Å²) in [6.45, 7) is 3.03. The summed E-state index contributed by atoms with van der Waals surface area (Å²) in [5.41, 5.74) is 0.726. The van der Waals surface area contributed by atoms with Gasteiger partial charge in [0.1, 0.15) is 5.82 Å². The lowest BCUT2D eigenvalue weighted by atomic mass is 10.2. The minimum absolute atomic E-state index is 0.293. The molecule has 0 radical (unpaired) electrons. The van der Waals surface area contributed by atoms with Crippen LogP contribution in [0.5, 0.6) is 0 Å². The van der Waals surface area contributed by atoms with Crippen LogP contribution in [0.1, 0.15) is 12.5 Å². The zero-order valence-electron chi connectivity index (χ0n) is 9.13. The fourth-order valence-electron chi connectivity index (χ4n) is 1.23. The van der Waals surface area contributed by atoms with Crippen molar-refractivity contribution in [3.05, 3.63) is 34.6 Å². The summed E-state index contributed by atoms with van der Waals surface area (Å²) < 4.78 is 24.0. The first kappa shape index (κ1) is 13.6. The standard InChI is InChI=1S/C11H15ClFNOS/c1-2-16(15)6-5-14-8-9-7-10(13)3-4-11(9)12/h3-4,7,14H,2,5-6,8H2,1H3. The molecule has 16 heavy (non-hydrogen) atoms. The van der Waals surface area contributed by atoms with E-state index in [0.717, 1.165) is 5.56 Å². The van der Waals surface area contributed by atoms with Crippen molar-refractivity contribution in [3.8, 4) is 0 Å². The third-order valence-corrected chi connectivity index (χ3v) is 3.82. The summed E-state index contributed by atoms with van der Waals surface area (Å²) in [6, 6.07) is 4.28. The Balaban J connectivity index is 2.37. The molecular formula is C11H15ClFNOS. The van der Waals surface area contributed by atoms with Crippen molar-refractivity contribution in [2.75, 3.05) is 18.1 Å². The average Bonchev–Trinajstić information content (AvgIpc) is 2.28. The molecule has 1 aromatic carbocycles. The highest BCUT2D eigenvalue weighted by Gasteiger charge is 2.02. The molecule has 90 valence electrons. The molecule has 0 aliphatic heterocycles. The van der Waals surface area contributed by atoms with Gasteiger partial charge >= 0.3 is 0 Å². The summed E-state index contributed by atoms with van der Waals surface area (Å²) in [6.07, 6.45) is 0. The van der Waals surface area contributed by atoms with E-state index in [0.29, 0.717) is 29.6 Å². The van der Waals surface area contributed by atoms with Crippen molar-refractivity contribution >= 4 is 22.4 Å². The Kier molecular flexibility index (Phi) is 5.95. The van der Waals surface area contributed by atoms with Crippen LogP contribution in [0.4, 0.5) is 4.39 Å². The molecule has 0 saturated heterocycles. The van der Waals surface area contributed by atoms with Crippen LogP contribution in [0.3, 0.4) is 0 Å². The van der Waals surface area contributed by atoms with Crippen LogP contribution in [0.2, 0.25) is 5.02 Å². The van der Waals surface area contributed by atoms with Gasteiger partial charge in [0, 0.05) is 40.4 Å². The van der Waals surface area contributed by atoms with Gasteiger partial charge in [-0.2, -0.15) is 0 Å². The molecule has 0 aliphatic carbocycles. The van der Waals surface area contributed by atoms with Crippen LogP contribution in [0.15, 0.2) is 18.2 Å². The van der Waals surface area contributed by atoms with E-state index in [9.17, 15) is 8.60 Å². The van der Waals surface area contributed by atoms with E-state index in [1.54, 1.807) is 0 Å².